The minimum atomic E-state index is -0.191. The Morgan fingerprint density at radius 3 is 2.93 bits per heavy atom. The highest BCUT2D eigenvalue weighted by atomic mass is 32.2. The van der Waals surface area contributed by atoms with Crippen molar-refractivity contribution in [3.63, 3.8) is 0 Å². The first kappa shape index (κ1) is 19.2. The second kappa shape index (κ2) is 8.87. The molecule has 0 radical (unpaired) electrons. The van der Waals surface area contributed by atoms with Gasteiger partial charge in [0.05, 0.1) is 18.6 Å². The summed E-state index contributed by atoms with van der Waals surface area (Å²) in [7, 11) is 1.62. The molecule has 0 aliphatic carbocycles. The molecule has 0 atom stereocenters. The molecule has 142 valence electrons. The van der Waals surface area contributed by atoms with Gasteiger partial charge in [-0.3, -0.25) is 10.1 Å². The van der Waals surface area contributed by atoms with Crippen molar-refractivity contribution in [1.82, 2.24) is 15.4 Å². The van der Waals surface area contributed by atoms with Crippen LogP contribution >= 0.6 is 23.1 Å². The maximum atomic E-state index is 12.0. The van der Waals surface area contributed by atoms with Crippen LogP contribution in [0, 0.1) is 0 Å². The second-order valence-corrected chi connectivity index (χ2v) is 8.04. The van der Waals surface area contributed by atoms with E-state index in [0.717, 1.165) is 17.1 Å². The van der Waals surface area contributed by atoms with Crippen LogP contribution in [-0.4, -0.2) is 34.1 Å². The van der Waals surface area contributed by atoms with Gasteiger partial charge in [0, 0.05) is 17.8 Å². The molecule has 0 spiro atoms. The van der Waals surface area contributed by atoms with Gasteiger partial charge in [0.15, 0.2) is 4.34 Å². The largest absolute Gasteiger partial charge is 0.497 e. The van der Waals surface area contributed by atoms with Crippen molar-refractivity contribution in [2.45, 2.75) is 24.1 Å². The quantitative estimate of drug-likeness (QED) is 0.539. The molecule has 0 saturated heterocycles. The van der Waals surface area contributed by atoms with Crippen LogP contribution in [0.15, 0.2) is 39.2 Å². The summed E-state index contributed by atoms with van der Waals surface area (Å²) in [6.45, 7) is 4.01. The van der Waals surface area contributed by atoms with Crippen LogP contribution in [0.3, 0.4) is 0 Å². The first-order valence-corrected chi connectivity index (χ1v) is 9.97. The third kappa shape index (κ3) is 5.44. The summed E-state index contributed by atoms with van der Waals surface area (Å²) in [5.74, 6) is 1.35. The summed E-state index contributed by atoms with van der Waals surface area (Å²) >= 11 is 2.68. The number of rotatable bonds is 8. The first-order valence-electron chi connectivity index (χ1n) is 8.17. The summed E-state index contributed by atoms with van der Waals surface area (Å²) in [5.41, 5.74) is 1.65. The Bertz CT molecular complexity index is 909. The maximum absolute atomic E-state index is 12.0. The van der Waals surface area contributed by atoms with Crippen molar-refractivity contribution in [2.75, 3.05) is 23.5 Å². The van der Waals surface area contributed by atoms with Crippen molar-refractivity contribution in [1.29, 1.82) is 0 Å². The maximum Gasteiger partial charge on any atom is 0.237 e. The molecule has 3 aromatic rings. The lowest BCUT2D eigenvalue weighted by atomic mass is 10.1. The number of aromatic nitrogens is 3. The molecule has 0 bridgehead atoms. The Hall–Kier alpha value is -2.59. The van der Waals surface area contributed by atoms with E-state index in [0.29, 0.717) is 15.4 Å². The summed E-state index contributed by atoms with van der Waals surface area (Å²) in [6.07, 6.45) is 0. The van der Waals surface area contributed by atoms with Gasteiger partial charge in [0.1, 0.15) is 5.75 Å². The lowest BCUT2D eigenvalue weighted by Gasteiger charge is -2.04. The van der Waals surface area contributed by atoms with E-state index < -0.39 is 0 Å². The van der Waals surface area contributed by atoms with E-state index in [1.54, 1.807) is 13.2 Å². The molecule has 8 nitrogen and oxygen atoms in total. The van der Waals surface area contributed by atoms with Crippen LogP contribution < -0.4 is 15.4 Å². The van der Waals surface area contributed by atoms with E-state index in [1.165, 1.54) is 23.1 Å². The highest BCUT2D eigenvalue weighted by Crippen LogP contribution is 2.29. The molecular weight excluding hydrogens is 386 g/mol. The van der Waals surface area contributed by atoms with E-state index in [9.17, 15) is 4.79 Å². The lowest BCUT2D eigenvalue weighted by Crippen LogP contribution is -2.13. The molecule has 0 aliphatic rings. The Labute approximate surface area is 164 Å². The van der Waals surface area contributed by atoms with Gasteiger partial charge in [-0.2, -0.15) is 0 Å². The van der Waals surface area contributed by atoms with Gasteiger partial charge in [-0.15, -0.1) is 10.2 Å². The number of ether oxygens (including phenoxy) is 1. The molecule has 1 amide bonds. The van der Waals surface area contributed by atoms with Crippen molar-refractivity contribution < 1.29 is 14.1 Å². The molecular formula is C17H19N5O3S2. The van der Waals surface area contributed by atoms with Gasteiger partial charge in [0.2, 0.25) is 16.9 Å². The van der Waals surface area contributed by atoms with Crippen LogP contribution in [0.4, 0.5) is 16.7 Å². The molecule has 10 heteroatoms. The normalized spacial score (nSPS) is 10.8. The number of amides is 1. The highest BCUT2D eigenvalue weighted by molar-refractivity contribution is 8.01. The number of anilines is 3. The molecule has 2 aromatic heterocycles. The predicted octanol–water partition coefficient (Wildman–Crippen LogP) is 4.13. The zero-order valence-electron chi connectivity index (χ0n) is 15.1. The SMILES string of the molecule is COc1cccc(Nc2nnc(SCC(=O)Nc3cc(C(C)C)no3)s2)c1. The van der Waals surface area contributed by atoms with Crippen LogP contribution in [0.2, 0.25) is 0 Å². The number of carbonyl (C=O) groups is 1. The number of hydrogen-bond donors (Lipinski definition) is 2. The average Bonchev–Trinajstić information content (AvgIpc) is 3.30. The molecule has 0 unspecified atom stereocenters. The molecule has 0 aliphatic heterocycles. The van der Waals surface area contributed by atoms with E-state index >= 15 is 0 Å². The van der Waals surface area contributed by atoms with Gasteiger partial charge >= 0.3 is 0 Å². The second-order valence-electron chi connectivity index (χ2n) is 5.84. The van der Waals surface area contributed by atoms with Crippen LogP contribution in [0.1, 0.15) is 25.5 Å². The number of benzene rings is 1. The topological polar surface area (TPSA) is 102 Å². The zero-order chi connectivity index (χ0) is 19.2. The number of methoxy groups -OCH3 is 1. The molecule has 2 heterocycles. The van der Waals surface area contributed by atoms with Crippen LogP contribution in [0.5, 0.6) is 5.75 Å². The predicted molar refractivity (Wildman–Crippen MR) is 106 cm³/mol. The first-order chi connectivity index (χ1) is 13.0. The lowest BCUT2D eigenvalue weighted by molar-refractivity contribution is -0.113. The molecule has 0 saturated carbocycles. The van der Waals surface area contributed by atoms with Gasteiger partial charge in [-0.25, -0.2) is 0 Å². The molecule has 3 rings (SSSR count). The zero-order valence-corrected chi connectivity index (χ0v) is 16.7. The minimum absolute atomic E-state index is 0.191. The Morgan fingerprint density at radius 2 is 2.19 bits per heavy atom. The van der Waals surface area contributed by atoms with Crippen molar-refractivity contribution >= 4 is 45.7 Å². The third-order valence-electron chi connectivity index (χ3n) is 3.44. The summed E-state index contributed by atoms with van der Waals surface area (Å²) in [6, 6.07) is 9.26. The summed E-state index contributed by atoms with van der Waals surface area (Å²) in [5, 5.41) is 18.6. The average molecular weight is 406 g/mol. The van der Waals surface area contributed by atoms with Crippen LogP contribution in [0.25, 0.3) is 0 Å². The molecule has 0 fully saturated rings. The molecule has 27 heavy (non-hydrogen) atoms. The number of hydrogen-bond acceptors (Lipinski definition) is 9. The number of carbonyl (C=O) groups excluding carboxylic acids is 1. The fourth-order valence-corrected chi connectivity index (χ4v) is 3.64. The van der Waals surface area contributed by atoms with Crippen molar-refractivity contribution in [3.05, 3.63) is 36.0 Å². The van der Waals surface area contributed by atoms with E-state index in [2.05, 4.69) is 26.0 Å². The van der Waals surface area contributed by atoms with Crippen molar-refractivity contribution in [2.24, 2.45) is 0 Å². The summed E-state index contributed by atoms with van der Waals surface area (Å²) in [4.78, 5) is 12.0. The number of nitrogens with zero attached hydrogens (tertiary/aromatic N) is 3. The smallest absolute Gasteiger partial charge is 0.237 e. The number of nitrogens with one attached hydrogen (secondary N) is 2. The number of thioether (sulfide) groups is 1. The van der Waals surface area contributed by atoms with E-state index in [1.807, 2.05) is 38.1 Å². The Morgan fingerprint density at radius 1 is 1.33 bits per heavy atom. The van der Waals surface area contributed by atoms with E-state index in [4.69, 9.17) is 9.26 Å². The Kier molecular flexibility index (Phi) is 6.30. The summed E-state index contributed by atoms with van der Waals surface area (Å²) < 4.78 is 11.0. The van der Waals surface area contributed by atoms with Crippen molar-refractivity contribution in [3.8, 4) is 5.75 Å². The van der Waals surface area contributed by atoms with Gasteiger partial charge in [-0.1, -0.05) is 48.2 Å². The van der Waals surface area contributed by atoms with Gasteiger partial charge in [-0.05, 0) is 18.1 Å². The Balaban J connectivity index is 1.50. The molecule has 2 N–H and O–H groups in total. The fourth-order valence-electron chi connectivity index (χ4n) is 2.06. The molecule has 1 aromatic carbocycles. The monoisotopic (exact) mass is 405 g/mol. The minimum Gasteiger partial charge on any atom is -0.497 e. The highest BCUT2D eigenvalue weighted by Gasteiger charge is 2.12. The third-order valence-corrected chi connectivity index (χ3v) is 5.41. The van der Waals surface area contributed by atoms with E-state index in [-0.39, 0.29) is 17.6 Å². The van der Waals surface area contributed by atoms with Gasteiger partial charge in [0.25, 0.3) is 0 Å². The van der Waals surface area contributed by atoms with Crippen LogP contribution in [-0.2, 0) is 4.79 Å². The fraction of sp³-hybridized carbons (Fsp3) is 0.294. The standard InChI is InChI=1S/C17H19N5O3S2/c1-10(2)13-8-15(25-22-13)19-14(23)9-26-17-21-20-16(27-17)18-11-5-4-6-12(7-11)24-3/h4-8,10H,9H2,1-3H3,(H,18,20)(H,19,23). The van der Waals surface area contributed by atoms with Gasteiger partial charge < -0.3 is 14.6 Å².